The number of nitrogens with zero attached hydrogens (tertiary/aromatic N) is 1. The topological polar surface area (TPSA) is 50.1 Å². The molecule has 0 aromatic heterocycles. The van der Waals surface area contributed by atoms with Crippen LogP contribution in [0.15, 0.2) is 11.6 Å². The van der Waals surface area contributed by atoms with Gasteiger partial charge in [0.1, 0.15) is 6.61 Å². The molecule has 0 spiro atoms. The van der Waals surface area contributed by atoms with Crippen LogP contribution in [0, 0.1) is 11.3 Å². The van der Waals surface area contributed by atoms with Crippen LogP contribution < -0.4 is 0 Å². The van der Waals surface area contributed by atoms with E-state index in [4.69, 9.17) is 10.00 Å². The number of esters is 1. The molecular weight excluding hydrogens is 178 g/mol. The Labute approximate surface area is 84.4 Å². The van der Waals surface area contributed by atoms with Crippen LogP contribution in [-0.4, -0.2) is 12.6 Å². The molecule has 0 saturated carbocycles. The van der Waals surface area contributed by atoms with Crippen LogP contribution in [0.5, 0.6) is 0 Å². The Morgan fingerprint density at radius 3 is 2.79 bits per heavy atom. The molecule has 0 radical (unpaired) electrons. The first-order valence-corrected chi connectivity index (χ1v) is 5.07. The Balaban J connectivity index is 1.99. The number of ether oxygens (including phenoxy) is 1. The summed E-state index contributed by atoms with van der Waals surface area (Å²) in [5.74, 6) is -0.151. The Kier molecular flexibility index (Phi) is 4.77. The molecule has 0 bridgehead atoms. The highest BCUT2D eigenvalue weighted by atomic mass is 16.5. The van der Waals surface area contributed by atoms with Crippen molar-refractivity contribution in [1.82, 2.24) is 0 Å². The van der Waals surface area contributed by atoms with Gasteiger partial charge in [0, 0.05) is 12.0 Å². The largest absolute Gasteiger partial charge is 0.458 e. The van der Waals surface area contributed by atoms with E-state index in [2.05, 4.69) is 6.07 Å². The van der Waals surface area contributed by atoms with Crippen LogP contribution in [-0.2, 0) is 9.53 Å². The van der Waals surface area contributed by atoms with Gasteiger partial charge >= 0.3 is 5.97 Å². The van der Waals surface area contributed by atoms with Crippen molar-refractivity contribution < 1.29 is 9.53 Å². The molecule has 0 fully saturated rings. The van der Waals surface area contributed by atoms with E-state index >= 15 is 0 Å². The molecule has 0 aromatic carbocycles. The van der Waals surface area contributed by atoms with E-state index in [9.17, 15) is 4.79 Å². The molecular formula is C11H15NO2. The fourth-order valence-corrected chi connectivity index (χ4v) is 1.47. The molecule has 1 rings (SSSR count). The number of cyclic esters (lactones) is 1. The third-order valence-corrected chi connectivity index (χ3v) is 2.29. The molecule has 0 amide bonds. The highest BCUT2D eigenvalue weighted by Crippen LogP contribution is 2.15. The number of hydrogen-bond acceptors (Lipinski definition) is 3. The molecule has 0 saturated heterocycles. The van der Waals surface area contributed by atoms with Crippen LogP contribution >= 0.6 is 0 Å². The fraction of sp³-hybridized carbons (Fsp3) is 0.636. The second-order valence-corrected chi connectivity index (χ2v) is 3.40. The third kappa shape index (κ3) is 3.61. The number of hydrogen-bond donors (Lipinski definition) is 0. The van der Waals surface area contributed by atoms with Crippen molar-refractivity contribution in [3.63, 3.8) is 0 Å². The average Bonchev–Trinajstić information content (AvgIpc) is 2.58. The molecule has 3 heteroatoms. The second kappa shape index (κ2) is 6.20. The minimum absolute atomic E-state index is 0.151. The Bertz CT molecular complexity index is 263. The zero-order valence-electron chi connectivity index (χ0n) is 8.29. The first-order valence-electron chi connectivity index (χ1n) is 5.07. The third-order valence-electron chi connectivity index (χ3n) is 2.29. The molecule has 0 unspecified atom stereocenters. The van der Waals surface area contributed by atoms with Gasteiger partial charge in [-0.1, -0.05) is 12.8 Å². The van der Waals surface area contributed by atoms with E-state index in [0.29, 0.717) is 13.0 Å². The van der Waals surface area contributed by atoms with Gasteiger partial charge in [-0.05, 0) is 25.3 Å². The van der Waals surface area contributed by atoms with Gasteiger partial charge in [0.05, 0.1) is 6.07 Å². The van der Waals surface area contributed by atoms with Gasteiger partial charge in [-0.3, -0.25) is 0 Å². The van der Waals surface area contributed by atoms with Crippen molar-refractivity contribution >= 4 is 5.97 Å². The molecule has 0 N–H and O–H groups in total. The SMILES string of the molecule is N#CCCCCCCC1=CCOC1=O. The molecule has 0 aromatic rings. The Morgan fingerprint density at radius 1 is 1.36 bits per heavy atom. The maximum atomic E-state index is 11.0. The van der Waals surface area contributed by atoms with E-state index in [1.54, 1.807) is 0 Å². The van der Waals surface area contributed by atoms with Crippen molar-refractivity contribution in [2.45, 2.75) is 38.5 Å². The normalized spacial score (nSPS) is 14.8. The fourth-order valence-electron chi connectivity index (χ4n) is 1.47. The lowest BCUT2D eigenvalue weighted by Gasteiger charge is -1.99. The number of carbonyl (C=O) groups excluding carboxylic acids is 1. The quantitative estimate of drug-likeness (QED) is 0.480. The summed E-state index contributed by atoms with van der Waals surface area (Å²) in [6.07, 6.45) is 7.49. The first-order chi connectivity index (χ1) is 6.84. The van der Waals surface area contributed by atoms with Gasteiger partial charge in [-0.2, -0.15) is 5.26 Å². The lowest BCUT2D eigenvalue weighted by atomic mass is 10.1. The van der Waals surface area contributed by atoms with Crippen molar-refractivity contribution in [2.24, 2.45) is 0 Å². The molecule has 0 aliphatic carbocycles. The smallest absolute Gasteiger partial charge is 0.334 e. The molecule has 14 heavy (non-hydrogen) atoms. The standard InChI is InChI=1S/C11H15NO2/c12-8-5-3-1-2-4-6-10-7-9-14-11(10)13/h7H,1-6,9H2. The summed E-state index contributed by atoms with van der Waals surface area (Å²) in [6.45, 7) is 0.447. The van der Waals surface area contributed by atoms with Gasteiger partial charge in [-0.15, -0.1) is 0 Å². The lowest BCUT2D eigenvalue weighted by Crippen LogP contribution is -1.99. The van der Waals surface area contributed by atoms with Gasteiger partial charge in [0.25, 0.3) is 0 Å². The van der Waals surface area contributed by atoms with Gasteiger partial charge < -0.3 is 4.74 Å². The maximum Gasteiger partial charge on any atom is 0.334 e. The summed E-state index contributed by atoms with van der Waals surface area (Å²) in [5.41, 5.74) is 0.824. The van der Waals surface area contributed by atoms with Crippen molar-refractivity contribution in [2.75, 3.05) is 6.61 Å². The number of nitriles is 1. The zero-order chi connectivity index (χ0) is 10.2. The summed E-state index contributed by atoms with van der Waals surface area (Å²) in [5, 5.41) is 8.31. The summed E-state index contributed by atoms with van der Waals surface area (Å²) in [7, 11) is 0. The monoisotopic (exact) mass is 193 g/mol. The van der Waals surface area contributed by atoms with Crippen LogP contribution in [0.1, 0.15) is 38.5 Å². The highest BCUT2D eigenvalue weighted by molar-refractivity contribution is 5.90. The first kappa shape index (κ1) is 10.8. The van der Waals surface area contributed by atoms with Crippen LogP contribution in [0.25, 0.3) is 0 Å². The highest BCUT2D eigenvalue weighted by Gasteiger charge is 2.15. The van der Waals surface area contributed by atoms with Gasteiger partial charge in [-0.25, -0.2) is 4.79 Å². The molecule has 1 aliphatic rings. The maximum absolute atomic E-state index is 11.0. The predicted molar refractivity (Wildman–Crippen MR) is 52.4 cm³/mol. The number of unbranched alkanes of at least 4 members (excludes halogenated alkanes) is 4. The molecule has 3 nitrogen and oxygen atoms in total. The second-order valence-electron chi connectivity index (χ2n) is 3.40. The summed E-state index contributed by atoms with van der Waals surface area (Å²) < 4.78 is 4.79. The van der Waals surface area contributed by atoms with Crippen LogP contribution in [0.4, 0.5) is 0 Å². The summed E-state index contributed by atoms with van der Waals surface area (Å²) in [6, 6.07) is 2.12. The molecule has 76 valence electrons. The summed E-state index contributed by atoms with van der Waals surface area (Å²) >= 11 is 0. The van der Waals surface area contributed by atoms with Crippen molar-refractivity contribution in [1.29, 1.82) is 5.26 Å². The van der Waals surface area contributed by atoms with E-state index in [-0.39, 0.29) is 5.97 Å². The molecule has 1 aliphatic heterocycles. The van der Waals surface area contributed by atoms with Crippen LogP contribution in [0.2, 0.25) is 0 Å². The van der Waals surface area contributed by atoms with E-state index in [0.717, 1.165) is 37.7 Å². The van der Waals surface area contributed by atoms with Gasteiger partial charge in [0.2, 0.25) is 0 Å². The lowest BCUT2D eigenvalue weighted by molar-refractivity contribution is -0.136. The predicted octanol–water partition coefficient (Wildman–Crippen LogP) is 2.33. The van der Waals surface area contributed by atoms with Crippen LogP contribution in [0.3, 0.4) is 0 Å². The van der Waals surface area contributed by atoms with E-state index in [1.807, 2.05) is 6.08 Å². The van der Waals surface area contributed by atoms with Crippen molar-refractivity contribution in [3.8, 4) is 6.07 Å². The Hall–Kier alpha value is -1.30. The van der Waals surface area contributed by atoms with Crippen molar-refractivity contribution in [3.05, 3.63) is 11.6 Å². The molecule has 0 atom stereocenters. The minimum atomic E-state index is -0.151. The minimum Gasteiger partial charge on any atom is -0.458 e. The number of carbonyl (C=O) groups is 1. The Morgan fingerprint density at radius 2 is 2.14 bits per heavy atom. The zero-order valence-corrected chi connectivity index (χ0v) is 8.29. The number of rotatable bonds is 6. The van der Waals surface area contributed by atoms with E-state index in [1.165, 1.54) is 0 Å². The molecule has 1 heterocycles. The average molecular weight is 193 g/mol. The van der Waals surface area contributed by atoms with Gasteiger partial charge in [0.15, 0.2) is 0 Å². The summed E-state index contributed by atoms with van der Waals surface area (Å²) in [4.78, 5) is 11.0. The van der Waals surface area contributed by atoms with E-state index < -0.39 is 0 Å².